The predicted octanol–water partition coefficient (Wildman–Crippen LogP) is 3.93. The number of benzene rings is 1. The molecule has 1 aromatic heterocycles. The number of Topliss-reactive ketones (excluding diaryl/α,β-unsaturated/α-hetero) is 1. The third-order valence-corrected chi connectivity index (χ3v) is 4.62. The summed E-state index contributed by atoms with van der Waals surface area (Å²) in [5.74, 6) is 0.219. The van der Waals surface area contributed by atoms with Crippen LogP contribution in [0.2, 0.25) is 0 Å². The van der Waals surface area contributed by atoms with Crippen molar-refractivity contribution in [2.75, 3.05) is 18.0 Å². The highest BCUT2D eigenvalue weighted by Crippen LogP contribution is 2.28. The summed E-state index contributed by atoms with van der Waals surface area (Å²) in [5.41, 5.74) is 5.69. The number of anilines is 1. The Hall–Kier alpha value is -2.03. The fraction of sp³-hybridized carbons (Fsp3) is 0.421. The second-order valence-electron chi connectivity index (χ2n) is 6.47. The zero-order chi connectivity index (χ0) is 15.9. The molecule has 1 aromatic carbocycles. The molecule has 116 valence electrons. The van der Waals surface area contributed by atoms with Crippen LogP contribution in [0.25, 0.3) is 0 Å². The molecule has 0 N–H and O–H groups in total. The van der Waals surface area contributed by atoms with E-state index in [-0.39, 0.29) is 5.78 Å². The van der Waals surface area contributed by atoms with E-state index in [1.54, 1.807) is 0 Å². The minimum absolute atomic E-state index is 0.219. The number of para-hydroxylation sites is 1. The van der Waals surface area contributed by atoms with Crippen LogP contribution in [0.1, 0.15) is 47.2 Å². The van der Waals surface area contributed by atoms with Crippen molar-refractivity contribution in [3.8, 4) is 0 Å². The average molecular weight is 296 g/mol. The van der Waals surface area contributed by atoms with Crippen LogP contribution in [0, 0.1) is 13.8 Å². The molecule has 22 heavy (non-hydrogen) atoms. The lowest BCUT2D eigenvalue weighted by molar-refractivity contribution is 0.0999. The molecule has 0 bridgehead atoms. The van der Waals surface area contributed by atoms with Gasteiger partial charge in [0.15, 0.2) is 5.78 Å². The molecule has 0 atom stereocenters. The van der Waals surface area contributed by atoms with Crippen molar-refractivity contribution in [3.05, 3.63) is 52.8 Å². The largest absolute Gasteiger partial charge is 0.363 e. The molecule has 1 aliphatic heterocycles. The first-order valence-corrected chi connectivity index (χ1v) is 8.03. The van der Waals surface area contributed by atoms with Crippen molar-refractivity contribution in [2.45, 2.75) is 40.2 Å². The van der Waals surface area contributed by atoms with E-state index in [4.69, 9.17) is 0 Å². The summed E-state index contributed by atoms with van der Waals surface area (Å²) >= 11 is 0. The standard InChI is InChI=1S/C19H24N2O/c1-13(2)21-14(3)11-17(15(21)4)19(22)12-20-10-9-16-7-5-6-8-18(16)20/h5-8,11,13H,9-10,12H2,1-4H3. The molecule has 0 saturated carbocycles. The van der Waals surface area contributed by atoms with Gasteiger partial charge in [-0.25, -0.2) is 0 Å². The van der Waals surface area contributed by atoms with Gasteiger partial charge in [-0.2, -0.15) is 0 Å². The molecule has 0 radical (unpaired) electrons. The Kier molecular flexibility index (Phi) is 3.81. The maximum absolute atomic E-state index is 12.8. The van der Waals surface area contributed by atoms with Crippen LogP contribution in [0.4, 0.5) is 5.69 Å². The Morgan fingerprint density at radius 1 is 1.23 bits per heavy atom. The summed E-state index contributed by atoms with van der Waals surface area (Å²) in [6.07, 6.45) is 1.04. The zero-order valence-corrected chi connectivity index (χ0v) is 13.9. The zero-order valence-electron chi connectivity index (χ0n) is 13.9. The van der Waals surface area contributed by atoms with Crippen LogP contribution in [0.5, 0.6) is 0 Å². The summed E-state index contributed by atoms with van der Waals surface area (Å²) in [4.78, 5) is 15.0. The van der Waals surface area contributed by atoms with Crippen molar-refractivity contribution in [1.82, 2.24) is 4.57 Å². The molecule has 0 saturated heterocycles. The van der Waals surface area contributed by atoms with E-state index in [0.29, 0.717) is 12.6 Å². The summed E-state index contributed by atoms with van der Waals surface area (Å²) in [5, 5.41) is 0. The molecule has 3 rings (SSSR count). The van der Waals surface area contributed by atoms with Gasteiger partial charge < -0.3 is 9.47 Å². The first kappa shape index (κ1) is 14.9. The first-order chi connectivity index (χ1) is 10.5. The molecular weight excluding hydrogens is 272 g/mol. The summed E-state index contributed by atoms with van der Waals surface area (Å²) in [7, 11) is 0. The van der Waals surface area contributed by atoms with Gasteiger partial charge in [0.05, 0.1) is 6.54 Å². The molecule has 2 heterocycles. The summed E-state index contributed by atoms with van der Waals surface area (Å²) in [6, 6.07) is 10.8. The van der Waals surface area contributed by atoms with Crippen molar-refractivity contribution < 1.29 is 4.79 Å². The van der Waals surface area contributed by atoms with Crippen LogP contribution in [0.3, 0.4) is 0 Å². The molecule has 0 unspecified atom stereocenters. The topological polar surface area (TPSA) is 25.2 Å². The van der Waals surface area contributed by atoms with Gasteiger partial charge >= 0.3 is 0 Å². The number of fused-ring (bicyclic) bond motifs is 1. The van der Waals surface area contributed by atoms with Crippen LogP contribution >= 0.6 is 0 Å². The van der Waals surface area contributed by atoms with E-state index >= 15 is 0 Å². The number of aromatic nitrogens is 1. The average Bonchev–Trinajstić information content (AvgIpc) is 3.00. The highest BCUT2D eigenvalue weighted by atomic mass is 16.1. The number of hydrogen-bond acceptors (Lipinski definition) is 2. The predicted molar refractivity (Wildman–Crippen MR) is 91.0 cm³/mol. The highest BCUT2D eigenvalue weighted by Gasteiger charge is 2.23. The number of carbonyl (C=O) groups is 1. The fourth-order valence-electron chi connectivity index (χ4n) is 3.68. The summed E-state index contributed by atoms with van der Waals surface area (Å²) in [6.45, 7) is 9.86. The quantitative estimate of drug-likeness (QED) is 0.799. The third kappa shape index (κ3) is 2.45. The maximum Gasteiger partial charge on any atom is 0.183 e. The molecular formula is C19H24N2O. The van der Waals surface area contributed by atoms with Gasteiger partial charge in [-0.15, -0.1) is 0 Å². The van der Waals surface area contributed by atoms with Crippen molar-refractivity contribution >= 4 is 11.5 Å². The Morgan fingerprint density at radius 2 is 1.95 bits per heavy atom. The van der Waals surface area contributed by atoms with Gasteiger partial charge in [-0.1, -0.05) is 18.2 Å². The monoisotopic (exact) mass is 296 g/mol. The fourth-order valence-corrected chi connectivity index (χ4v) is 3.68. The second-order valence-corrected chi connectivity index (χ2v) is 6.47. The molecule has 3 nitrogen and oxygen atoms in total. The molecule has 3 heteroatoms. The Bertz CT molecular complexity index is 712. The van der Waals surface area contributed by atoms with Gasteiger partial charge in [-0.3, -0.25) is 4.79 Å². The Balaban J connectivity index is 1.83. The van der Waals surface area contributed by atoms with Crippen LogP contribution in [0.15, 0.2) is 30.3 Å². The highest BCUT2D eigenvalue weighted by molar-refractivity contribution is 6.00. The Morgan fingerprint density at radius 3 is 2.64 bits per heavy atom. The number of hydrogen-bond donors (Lipinski definition) is 0. The molecule has 0 spiro atoms. The van der Waals surface area contributed by atoms with Gasteiger partial charge in [0.2, 0.25) is 0 Å². The van der Waals surface area contributed by atoms with Gasteiger partial charge in [-0.05, 0) is 51.8 Å². The number of aryl methyl sites for hydroxylation is 1. The van der Waals surface area contributed by atoms with Crippen LogP contribution in [-0.2, 0) is 6.42 Å². The molecule has 2 aromatic rings. The lowest BCUT2D eigenvalue weighted by Gasteiger charge is -2.18. The van der Waals surface area contributed by atoms with Crippen molar-refractivity contribution in [3.63, 3.8) is 0 Å². The molecule has 0 fully saturated rings. The summed E-state index contributed by atoms with van der Waals surface area (Å²) < 4.78 is 2.24. The number of carbonyl (C=O) groups excluding carboxylic acids is 1. The van der Waals surface area contributed by atoms with E-state index in [1.807, 2.05) is 12.1 Å². The van der Waals surface area contributed by atoms with E-state index in [2.05, 4.69) is 55.4 Å². The van der Waals surface area contributed by atoms with E-state index in [9.17, 15) is 4.79 Å². The molecule has 0 amide bonds. The lowest BCUT2D eigenvalue weighted by Crippen LogP contribution is -2.28. The number of ketones is 1. The first-order valence-electron chi connectivity index (χ1n) is 8.03. The minimum Gasteiger partial charge on any atom is -0.363 e. The van der Waals surface area contributed by atoms with Crippen LogP contribution < -0.4 is 4.90 Å². The number of nitrogens with zero attached hydrogens (tertiary/aromatic N) is 2. The van der Waals surface area contributed by atoms with Gasteiger partial charge in [0.1, 0.15) is 0 Å². The SMILES string of the molecule is Cc1cc(C(=O)CN2CCc3ccccc32)c(C)n1C(C)C. The number of rotatable bonds is 4. The minimum atomic E-state index is 0.219. The third-order valence-electron chi connectivity index (χ3n) is 4.62. The second kappa shape index (κ2) is 5.64. The molecule has 0 aliphatic carbocycles. The van der Waals surface area contributed by atoms with Crippen molar-refractivity contribution in [1.29, 1.82) is 0 Å². The van der Waals surface area contributed by atoms with Gasteiger partial charge in [0.25, 0.3) is 0 Å². The van der Waals surface area contributed by atoms with Crippen LogP contribution in [-0.4, -0.2) is 23.4 Å². The lowest BCUT2D eigenvalue weighted by atomic mass is 10.1. The normalized spacial score (nSPS) is 13.8. The van der Waals surface area contributed by atoms with E-state index in [0.717, 1.165) is 29.9 Å². The molecule has 1 aliphatic rings. The van der Waals surface area contributed by atoms with E-state index in [1.165, 1.54) is 11.3 Å². The van der Waals surface area contributed by atoms with Crippen molar-refractivity contribution in [2.24, 2.45) is 0 Å². The maximum atomic E-state index is 12.8. The van der Waals surface area contributed by atoms with E-state index < -0.39 is 0 Å². The Labute approximate surface area is 132 Å². The van der Waals surface area contributed by atoms with Gasteiger partial charge in [0, 0.05) is 35.2 Å². The smallest absolute Gasteiger partial charge is 0.183 e.